The van der Waals surface area contributed by atoms with E-state index >= 15 is 0 Å². The van der Waals surface area contributed by atoms with Crippen LogP contribution in [-0.4, -0.2) is 4.57 Å². The summed E-state index contributed by atoms with van der Waals surface area (Å²) in [7, 11) is 0. The van der Waals surface area contributed by atoms with Crippen molar-refractivity contribution in [3.63, 3.8) is 0 Å². The maximum atomic E-state index is 6.08. The molecule has 1 nitrogen and oxygen atoms in total. The van der Waals surface area contributed by atoms with Gasteiger partial charge in [0.05, 0.1) is 0 Å². The average Bonchev–Trinajstić information content (AvgIpc) is 2.88. The number of benzene rings is 2. The van der Waals surface area contributed by atoms with Crippen LogP contribution >= 0.6 is 11.6 Å². The number of aromatic nitrogens is 1. The molecule has 0 N–H and O–H groups in total. The molecule has 1 aliphatic rings. The van der Waals surface area contributed by atoms with E-state index in [9.17, 15) is 0 Å². The summed E-state index contributed by atoms with van der Waals surface area (Å²) in [6.07, 6.45) is 4.90. The Hall–Kier alpha value is -1.99. The van der Waals surface area contributed by atoms with Crippen molar-refractivity contribution >= 4 is 11.6 Å². The Morgan fingerprint density at radius 3 is 2.30 bits per heavy atom. The third-order valence-corrected chi connectivity index (χ3v) is 5.11. The van der Waals surface area contributed by atoms with Crippen LogP contribution in [0.3, 0.4) is 0 Å². The number of hydrogen-bond donors (Lipinski definition) is 0. The second kappa shape index (κ2) is 5.90. The zero-order chi connectivity index (χ0) is 15.8. The Morgan fingerprint density at radius 2 is 1.57 bits per heavy atom. The van der Waals surface area contributed by atoms with Crippen LogP contribution in [0.15, 0.2) is 54.6 Å². The van der Waals surface area contributed by atoms with Gasteiger partial charge >= 0.3 is 0 Å². The van der Waals surface area contributed by atoms with Crippen molar-refractivity contribution in [2.45, 2.75) is 32.6 Å². The smallest absolute Gasteiger partial charge is 0.0455 e. The van der Waals surface area contributed by atoms with Gasteiger partial charge in [-0.05, 0) is 68.0 Å². The van der Waals surface area contributed by atoms with Crippen LogP contribution in [0.2, 0.25) is 5.02 Å². The first-order valence-corrected chi connectivity index (χ1v) is 8.68. The fourth-order valence-electron chi connectivity index (χ4n) is 3.86. The summed E-state index contributed by atoms with van der Waals surface area (Å²) >= 11 is 6.08. The van der Waals surface area contributed by atoms with Gasteiger partial charge in [-0.3, -0.25) is 0 Å². The van der Waals surface area contributed by atoms with Crippen LogP contribution in [0.4, 0.5) is 0 Å². The molecule has 23 heavy (non-hydrogen) atoms. The van der Waals surface area contributed by atoms with Crippen molar-refractivity contribution in [3.8, 4) is 16.8 Å². The normalized spacial score (nSPS) is 13.8. The molecule has 1 aliphatic carbocycles. The molecule has 0 atom stereocenters. The molecule has 1 aromatic heterocycles. The Kier molecular flexibility index (Phi) is 3.74. The van der Waals surface area contributed by atoms with E-state index < -0.39 is 0 Å². The predicted octanol–water partition coefficient (Wildman–Crippen LogP) is 5.98. The highest BCUT2D eigenvalue weighted by atomic mass is 35.5. The van der Waals surface area contributed by atoms with Crippen LogP contribution in [0.5, 0.6) is 0 Å². The lowest BCUT2D eigenvalue weighted by Gasteiger charge is -2.16. The van der Waals surface area contributed by atoms with E-state index in [1.807, 2.05) is 12.1 Å². The lowest BCUT2D eigenvalue weighted by molar-refractivity contribution is 0.662. The number of fused-ring (bicyclic) bond motifs is 1. The third kappa shape index (κ3) is 2.49. The van der Waals surface area contributed by atoms with Crippen LogP contribution in [0, 0.1) is 6.92 Å². The minimum absolute atomic E-state index is 0.794. The summed E-state index contributed by atoms with van der Waals surface area (Å²) in [6, 6.07) is 19.0. The lowest BCUT2D eigenvalue weighted by Crippen LogP contribution is -2.07. The molecule has 0 bridgehead atoms. The first-order chi connectivity index (χ1) is 11.3. The number of para-hydroxylation sites is 1. The van der Waals surface area contributed by atoms with Crippen LogP contribution in [-0.2, 0) is 12.8 Å². The number of hydrogen-bond acceptors (Lipinski definition) is 0. The van der Waals surface area contributed by atoms with E-state index in [0.717, 1.165) is 5.02 Å². The molecule has 0 amide bonds. The minimum atomic E-state index is 0.794. The summed E-state index contributed by atoms with van der Waals surface area (Å²) in [5.74, 6) is 0. The summed E-state index contributed by atoms with van der Waals surface area (Å²) in [5, 5.41) is 0.794. The molecule has 2 aromatic carbocycles. The molecule has 1 heterocycles. The molecule has 0 saturated heterocycles. The molecule has 0 spiro atoms. The minimum Gasteiger partial charge on any atom is -0.317 e. The lowest BCUT2D eigenvalue weighted by atomic mass is 9.91. The topological polar surface area (TPSA) is 4.93 Å². The van der Waals surface area contributed by atoms with Gasteiger partial charge < -0.3 is 4.57 Å². The van der Waals surface area contributed by atoms with Gasteiger partial charge in [0, 0.05) is 27.7 Å². The highest BCUT2D eigenvalue weighted by molar-refractivity contribution is 6.30. The van der Waals surface area contributed by atoms with Gasteiger partial charge in [0.25, 0.3) is 0 Å². The number of nitrogens with zero attached hydrogens (tertiary/aromatic N) is 1. The monoisotopic (exact) mass is 321 g/mol. The Bertz CT molecular complexity index is 829. The van der Waals surface area contributed by atoms with Crippen molar-refractivity contribution in [3.05, 3.63) is 76.6 Å². The standard InChI is InChI=1S/C21H20ClN/c1-15-21(16-11-13-17(22)14-12-16)19-9-5-6-10-20(19)23(15)18-7-3-2-4-8-18/h2-4,7-8,11-14H,5-6,9-10H2,1H3. The van der Waals surface area contributed by atoms with Gasteiger partial charge in [-0.25, -0.2) is 0 Å². The summed E-state index contributed by atoms with van der Waals surface area (Å²) in [4.78, 5) is 0. The first-order valence-electron chi connectivity index (χ1n) is 8.30. The molecule has 0 aliphatic heterocycles. The fourth-order valence-corrected chi connectivity index (χ4v) is 3.99. The Morgan fingerprint density at radius 1 is 0.870 bits per heavy atom. The van der Waals surface area contributed by atoms with E-state index in [4.69, 9.17) is 11.6 Å². The Balaban J connectivity index is 1.97. The van der Waals surface area contributed by atoms with Crippen molar-refractivity contribution in [1.29, 1.82) is 0 Å². The molecule has 4 rings (SSSR count). The molecule has 0 radical (unpaired) electrons. The maximum Gasteiger partial charge on any atom is 0.0455 e. The van der Waals surface area contributed by atoms with Crippen LogP contribution < -0.4 is 0 Å². The van der Waals surface area contributed by atoms with Crippen molar-refractivity contribution in [2.75, 3.05) is 0 Å². The summed E-state index contributed by atoms with van der Waals surface area (Å²) in [6.45, 7) is 2.25. The van der Waals surface area contributed by atoms with E-state index in [0.29, 0.717) is 0 Å². The zero-order valence-electron chi connectivity index (χ0n) is 13.3. The second-order valence-corrected chi connectivity index (χ2v) is 6.71. The van der Waals surface area contributed by atoms with Gasteiger partial charge in [-0.2, -0.15) is 0 Å². The quantitative estimate of drug-likeness (QED) is 0.546. The van der Waals surface area contributed by atoms with Crippen LogP contribution in [0.25, 0.3) is 16.8 Å². The Labute approximate surface area is 142 Å². The summed E-state index contributed by atoms with van der Waals surface area (Å²) < 4.78 is 2.46. The molecular weight excluding hydrogens is 302 g/mol. The predicted molar refractivity (Wildman–Crippen MR) is 97.6 cm³/mol. The largest absolute Gasteiger partial charge is 0.317 e. The van der Waals surface area contributed by atoms with E-state index in [1.54, 1.807) is 0 Å². The van der Waals surface area contributed by atoms with Gasteiger partial charge in [0.15, 0.2) is 0 Å². The molecule has 0 unspecified atom stereocenters. The van der Waals surface area contributed by atoms with Gasteiger partial charge in [0.1, 0.15) is 0 Å². The molecule has 3 aromatic rings. The SMILES string of the molecule is Cc1c(-c2ccc(Cl)cc2)c2c(n1-c1ccccc1)CCCC2. The maximum absolute atomic E-state index is 6.08. The zero-order valence-corrected chi connectivity index (χ0v) is 14.1. The molecule has 2 heteroatoms. The van der Waals surface area contributed by atoms with E-state index in [2.05, 4.69) is 54.0 Å². The van der Waals surface area contributed by atoms with E-state index in [1.165, 1.54) is 59.4 Å². The van der Waals surface area contributed by atoms with Crippen molar-refractivity contribution in [2.24, 2.45) is 0 Å². The second-order valence-electron chi connectivity index (χ2n) is 6.27. The first kappa shape index (κ1) is 14.6. The van der Waals surface area contributed by atoms with Crippen molar-refractivity contribution < 1.29 is 0 Å². The fraction of sp³-hybridized carbons (Fsp3) is 0.238. The molecule has 0 fully saturated rings. The third-order valence-electron chi connectivity index (χ3n) is 4.85. The van der Waals surface area contributed by atoms with Crippen molar-refractivity contribution in [1.82, 2.24) is 4.57 Å². The molecule has 0 saturated carbocycles. The molecule has 116 valence electrons. The highest BCUT2D eigenvalue weighted by Crippen LogP contribution is 2.38. The highest BCUT2D eigenvalue weighted by Gasteiger charge is 2.24. The number of halogens is 1. The van der Waals surface area contributed by atoms with Gasteiger partial charge in [0.2, 0.25) is 0 Å². The summed E-state index contributed by atoms with van der Waals surface area (Å²) in [5.41, 5.74) is 8.30. The molecular formula is C21H20ClN. The van der Waals surface area contributed by atoms with Gasteiger partial charge in [-0.1, -0.05) is 41.9 Å². The average molecular weight is 322 g/mol. The number of rotatable bonds is 2. The van der Waals surface area contributed by atoms with E-state index in [-0.39, 0.29) is 0 Å². The van der Waals surface area contributed by atoms with Crippen LogP contribution in [0.1, 0.15) is 29.8 Å². The van der Waals surface area contributed by atoms with Gasteiger partial charge in [-0.15, -0.1) is 0 Å².